The second kappa shape index (κ2) is 8.29. The Morgan fingerprint density at radius 1 is 1.09 bits per heavy atom. The SMILES string of the molecule is O=C(/C=C/c1ccc(Cl)cc1Cl)OCC(=O)c1ccc(Br)cc1. The van der Waals surface area contributed by atoms with Crippen LogP contribution in [0.15, 0.2) is 53.0 Å². The van der Waals surface area contributed by atoms with Crippen LogP contribution < -0.4 is 0 Å². The Kier molecular flexibility index (Phi) is 6.39. The van der Waals surface area contributed by atoms with Crippen molar-refractivity contribution in [3.63, 3.8) is 0 Å². The molecule has 2 aromatic carbocycles. The Hall–Kier alpha value is -1.62. The van der Waals surface area contributed by atoms with E-state index in [1.807, 2.05) is 0 Å². The Balaban J connectivity index is 1.90. The van der Waals surface area contributed by atoms with Gasteiger partial charge in [-0.05, 0) is 35.9 Å². The molecule has 0 atom stereocenters. The molecule has 0 unspecified atom stereocenters. The average molecular weight is 414 g/mol. The first-order valence-corrected chi connectivity index (χ1v) is 8.09. The van der Waals surface area contributed by atoms with Crippen molar-refractivity contribution in [2.24, 2.45) is 0 Å². The van der Waals surface area contributed by atoms with Gasteiger partial charge in [0.05, 0.1) is 0 Å². The van der Waals surface area contributed by atoms with Crippen molar-refractivity contribution >= 4 is 57.0 Å². The molecule has 2 aromatic rings. The number of benzene rings is 2. The summed E-state index contributed by atoms with van der Waals surface area (Å²) in [6.07, 6.45) is 2.72. The first kappa shape index (κ1) is 17.7. The van der Waals surface area contributed by atoms with Gasteiger partial charge in [0.15, 0.2) is 12.4 Å². The fraction of sp³-hybridized carbons (Fsp3) is 0.0588. The zero-order valence-corrected chi connectivity index (χ0v) is 14.9. The number of ether oxygens (including phenoxy) is 1. The highest BCUT2D eigenvalue weighted by Crippen LogP contribution is 2.22. The summed E-state index contributed by atoms with van der Waals surface area (Å²) in [6, 6.07) is 11.7. The predicted octanol–water partition coefficient (Wildman–Crippen LogP) is 5.20. The maximum Gasteiger partial charge on any atom is 0.331 e. The van der Waals surface area contributed by atoms with E-state index in [-0.39, 0.29) is 12.4 Å². The lowest BCUT2D eigenvalue weighted by molar-refractivity contribution is -0.136. The fourth-order valence-corrected chi connectivity index (χ4v) is 2.43. The number of halogens is 3. The average Bonchev–Trinajstić information content (AvgIpc) is 2.52. The number of ketones is 1. The molecule has 0 aliphatic carbocycles. The van der Waals surface area contributed by atoms with Gasteiger partial charge in [0.1, 0.15) is 0 Å². The molecule has 0 amide bonds. The largest absolute Gasteiger partial charge is 0.454 e. The zero-order chi connectivity index (χ0) is 16.8. The molecule has 0 N–H and O–H groups in total. The predicted molar refractivity (Wildman–Crippen MR) is 94.9 cm³/mol. The summed E-state index contributed by atoms with van der Waals surface area (Å²) in [5.74, 6) is -0.898. The van der Waals surface area contributed by atoms with E-state index in [1.54, 1.807) is 42.5 Å². The van der Waals surface area contributed by atoms with Crippen molar-refractivity contribution < 1.29 is 14.3 Å². The molecule has 23 heavy (non-hydrogen) atoms. The third-order valence-electron chi connectivity index (χ3n) is 2.87. The Morgan fingerprint density at radius 3 is 2.43 bits per heavy atom. The molecule has 118 valence electrons. The molecule has 6 heteroatoms. The molecular weight excluding hydrogens is 403 g/mol. The topological polar surface area (TPSA) is 43.4 Å². The lowest BCUT2D eigenvalue weighted by Gasteiger charge is -2.02. The van der Waals surface area contributed by atoms with Crippen LogP contribution in [-0.2, 0) is 9.53 Å². The van der Waals surface area contributed by atoms with E-state index in [0.29, 0.717) is 21.2 Å². The molecule has 0 saturated carbocycles. The Labute approximate surface area is 152 Å². The van der Waals surface area contributed by atoms with E-state index in [2.05, 4.69) is 15.9 Å². The number of hydrogen-bond acceptors (Lipinski definition) is 3. The Bertz CT molecular complexity index is 755. The van der Waals surface area contributed by atoms with Crippen molar-refractivity contribution in [3.8, 4) is 0 Å². The highest BCUT2D eigenvalue weighted by Gasteiger charge is 2.08. The minimum Gasteiger partial charge on any atom is -0.454 e. The number of hydrogen-bond donors (Lipinski definition) is 0. The molecule has 0 aliphatic rings. The van der Waals surface area contributed by atoms with Gasteiger partial charge in [-0.3, -0.25) is 4.79 Å². The van der Waals surface area contributed by atoms with E-state index in [4.69, 9.17) is 27.9 Å². The summed E-state index contributed by atoms with van der Waals surface area (Å²) >= 11 is 15.1. The zero-order valence-electron chi connectivity index (χ0n) is 11.8. The van der Waals surface area contributed by atoms with Crippen LogP contribution in [0.3, 0.4) is 0 Å². The minimum absolute atomic E-state index is 0.274. The monoisotopic (exact) mass is 412 g/mol. The molecule has 3 nitrogen and oxygen atoms in total. The summed E-state index contributed by atoms with van der Waals surface area (Å²) < 4.78 is 5.79. The molecule has 0 bridgehead atoms. The first-order chi connectivity index (χ1) is 11.0. The van der Waals surface area contributed by atoms with Crippen LogP contribution in [-0.4, -0.2) is 18.4 Å². The summed E-state index contributed by atoms with van der Waals surface area (Å²) in [7, 11) is 0. The van der Waals surface area contributed by atoms with Gasteiger partial charge in [-0.2, -0.15) is 0 Å². The second-order valence-corrected chi connectivity index (χ2v) is 6.30. The molecule has 0 aromatic heterocycles. The van der Waals surface area contributed by atoms with Crippen LogP contribution in [0.1, 0.15) is 15.9 Å². The molecule has 0 radical (unpaired) electrons. The molecular formula is C17H11BrCl2O3. The van der Waals surface area contributed by atoms with Gasteiger partial charge in [0.25, 0.3) is 0 Å². The van der Waals surface area contributed by atoms with E-state index in [1.165, 1.54) is 12.2 Å². The van der Waals surface area contributed by atoms with E-state index in [0.717, 1.165) is 4.47 Å². The minimum atomic E-state index is -0.624. The number of carbonyl (C=O) groups is 2. The molecule has 0 heterocycles. The highest BCUT2D eigenvalue weighted by atomic mass is 79.9. The van der Waals surface area contributed by atoms with Gasteiger partial charge in [0, 0.05) is 26.2 Å². The van der Waals surface area contributed by atoms with Gasteiger partial charge in [-0.15, -0.1) is 0 Å². The fourth-order valence-electron chi connectivity index (χ4n) is 1.70. The van der Waals surface area contributed by atoms with Crippen LogP contribution >= 0.6 is 39.1 Å². The van der Waals surface area contributed by atoms with Crippen molar-refractivity contribution in [1.29, 1.82) is 0 Å². The maximum atomic E-state index is 11.9. The van der Waals surface area contributed by atoms with Gasteiger partial charge in [-0.1, -0.05) is 57.3 Å². The van der Waals surface area contributed by atoms with Crippen LogP contribution in [0.4, 0.5) is 0 Å². The first-order valence-electron chi connectivity index (χ1n) is 6.54. The summed E-state index contributed by atoms with van der Waals surface area (Å²) in [5.41, 5.74) is 1.11. The van der Waals surface area contributed by atoms with E-state index >= 15 is 0 Å². The van der Waals surface area contributed by atoms with Crippen molar-refractivity contribution in [1.82, 2.24) is 0 Å². The molecule has 2 rings (SSSR count). The lowest BCUT2D eigenvalue weighted by atomic mass is 10.1. The summed E-state index contributed by atoms with van der Waals surface area (Å²) in [6.45, 7) is -0.320. The lowest BCUT2D eigenvalue weighted by Crippen LogP contribution is -2.12. The highest BCUT2D eigenvalue weighted by molar-refractivity contribution is 9.10. The van der Waals surface area contributed by atoms with E-state index < -0.39 is 5.97 Å². The van der Waals surface area contributed by atoms with Gasteiger partial charge in [0.2, 0.25) is 0 Å². The van der Waals surface area contributed by atoms with Crippen LogP contribution in [0.25, 0.3) is 6.08 Å². The summed E-state index contributed by atoms with van der Waals surface area (Å²) in [5, 5.41) is 0.933. The van der Waals surface area contributed by atoms with Crippen LogP contribution in [0.2, 0.25) is 10.0 Å². The third-order valence-corrected chi connectivity index (χ3v) is 3.96. The van der Waals surface area contributed by atoms with Crippen LogP contribution in [0.5, 0.6) is 0 Å². The molecule has 0 spiro atoms. The standard InChI is InChI=1S/C17H11BrCl2O3/c18-13-5-1-12(2-6-13)16(21)10-23-17(22)8-4-11-3-7-14(19)9-15(11)20/h1-9H,10H2/b8-4+. The number of esters is 1. The normalized spacial score (nSPS) is 10.7. The molecule has 0 saturated heterocycles. The number of carbonyl (C=O) groups excluding carboxylic acids is 2. The van der Waals surface area contributed by atoms with Gasteiger partial charge in [-0.25, -0.2) is 4.79 Å². The quantitative estimate of drug-likeness (QED) is 0.384. The number of rotatable bonds is 5. The van der Waals surface area contributed by atoms with Crippen molar-refractivity contribution in [2.45, 2.75) is 0 Å². The Morgan fingerprint density at radius 2 is 1.78 bits per heavy atom. The van der Waals surface area contributed by atoms with Gasteiger partial charge < -0.3 is 4.74 Å². The molecule has 0 fully saturated rings. The smallest absolute Gasteiger partial charge is 0.331 e. The maximum absolute atomic E-state index is 11.9. The van der Waals surface area contributed by atoms with E-state index in [9.17, 15) is 9.59 Å². The second-order valence-electron chi connectivity index (χ2n) is 4.54. The van der Waals surface area contributed by atoms with Crippen molar-refractivity contribution in [2.75, 3.05) is 6.61 Å². The van der Waals surface area contributed by atoms with Crippen LogP contribution in [0, 0.1) is 0 Å². The van der Waals surface area contributed by atoms with Crippen molar-refractivity contribution in [3.05, 3.63) is 74.2 Å². The summed E-state index contributed by atoms with van der Waals surface area (Å²) in [4.78, 5) is 23.5. The van der Waals surface area contributed by atoms with Gasteiger partial charge >= 0.3 is 5.97 Å². The third kappa shape index (κ3) is 5.50. The molecule has 0 aliphatic heterocycles. The number of Topliss-reactive ketones (excluding diaryl/α,β-unsaturated/α-hetero) is 1.